The van der Waals surface area contributed by atoms with Crippen LogP contribution in [0.25, 0.3) is 0 Å². The van der Waals surface area contributed by atoms with Crippen molar-refractivity contribution in [2.45, 2.75) is 38.2 Å². The molecule has 0 saturated heterocycles. The lowest BCUT2D eigenvalue weighted by Crippen LogP contribution is -2.38. The van der Waals surface area contributed by atoms with E-state index in [2.05, 4.69) is 11.9 Å². The Hall–Kier alpha value is -0.730. The summed E-state index contributed by atoms with van der Waals surface area (Å²) in [5.74, 6) is 0.669. The molecule has 2 rings (SSSR count). The third-order valence-corrected chi connectivity index (χ3v) is 3.11. The van der Waals surface area contributed by atoms with E-state index in [9.17, 15) is 0 Å². The van der Waals surface area contributed by atoms with Crippen LogP contribution in [-0.4, -0.2) is 18.2 Å². The van der Waals surface area contributed by atoms with Crippen molar-refractivity contribution in [2.24, 2.45) is 16.6 Å². The molecule has 3 heteroatoms. The summed E-state index contributed by atoms with van der Waals surface area (Å²) in [7, 11) is 0. The summed E-state index contributed by atoms with van der Waals surface area (Å²) >= 11 is 0. The maximum atomic E-state index is 5.56. The first-order chi connectivity index (χ1) is 5.71. The van der Waals surface area contributed by atoms with Gasteiger partial charge in [-0.1, -0.05) is 12.8 Å². The number of nitrogens with two attached hydrogens (primary N) is 1. The largest absolute Gasteiger partial charge is 0.457 e. The summed E-state index contributed by atoms with van der Waals surface area (Å²) < 4.78 is 5.56. The minimum Gasteiger partial charge on any atom is -0.457 e. The molecular weight excluding hydrogens is 152 g/mol. The smallest absolute Gasteiger partial charge is 0.282 e. The van der Waals surface area contributed by atoms with E-state index < -0.39 is 0 Å². The van der Waals surface area contributed by atoms with Crippen molar-refractivity contribution in [1.82, 2.24) is 0 Å². The molecule has 3 nitrogen and oxygen atoms in total. The molecule has 12 heavy (non-hydrogen) atoms. The van der Waals surface area contributed by atoms with Gasteiger partial charge in [0.1, 0.15) is 5.60 Å². The topological polar surface area (TPSA) is 47.6 Å². The van der Waals surface area contributed by atoms with Gasteiger partial charge in [0.25, 0.3) is 6.02 Å². The predicted octanol–water partition coefficient (Wildman–Crippen LogP) is 1.28. The fourth-order valence-electron chi connectivity index (χ4n) is 2.29. The summed E-state index contributed by atoms with van der Waals surface area (Å²) in [5.41, 5.74) is 5.42. The minimum atomic E-state index is -0.0828. The molecular formula is C9H16N2O. The van der Waals surface area contributed by atoms with Gasteiger partial charge in [-0.05, 0) is 19.8 Å². The van der Waals surface area contributed by atoms with E-state index in [-0.39, 0.29) is 5.60 Å². The lowest BCUT2D eigenvalue weighted by atomic mass is 9.88. The normalized spacial score (nSPS) is 36.6. The number of rotatable bonds is 1. The van der Waals surface area contributed by atoms with Crippen LogP contribution in [0.15, 0.2) is 4.99 Å². The highest BCUT2D eigenvalue weighted by atomic mass is 16.5. The lowest BCUT2D eigenvalue weighted by molar-refractivity contribution is 0.0431. The van der Waals surface area contributed by atoms with Crippen molar-refractivity contribution in [1.29, 1.82) is 0 Å². The van der Waals surface area contributed by atoms with E-state index in [1.165, 1.54) is 25.7 Å². The van der Waals surface area contributed by atoms with Gasteiger partial charge in [-0.3, -0.25) is 0 Å². The second-order valence-corrected chi connectivity index (χ2v) is 4.05. The average Bonchev–Trinajstić information content (AvgIpc) is 2.59. The van der Waals surface area contributed by atoms with Crippen LogP contribution in [0.1, 0.15) is 32.6 Å². The highest BCUT2D eigenvalue weighted by Crippen LogP contribution is 2.38. The standard InChI is InChI=1S/C9H16N2O/c1-9(6-11-8(10)12-9)7-4-2-3-5-7/h7H,2-6H2,1H3,(H2,10,11). The zero-order valence-corrected chi connectivity index (χ0v) is 7.55. The Morgan fingerprint density at radius 2 is 2.17 bits per heavy atom. The molecule has 0 radical (unpaired) electrons. The molecule has 0 spiro atoms. The van der Waals surface area contributed by atoms with Gasteiger partial charge in [0, 0.05) is 5.92 Å². The molecule has 0 aromatic carbocycles. The quantitative estimate of drug-likeness (QED) is 0.641. The molecule has 1 fully saturated rings. The van der Waals surface area contributed by atoms with Gasteiger partial charge in [-0.25, -0.2) is 4.99 Å². The van der Waals surface area contributed by atoms with E-state index in [1.54, 1.807) is 0 Å². The summed E-state index contributed by atoms with van der Waals surface area (Å²) in [6.07, 6.45) is 5.23. The van der Waals surface area contributed by atoms with Crippen molar-refractivity contribution in [2.75, 3.05) is 6.54 Å². The van der Waals surface area contributed by atoms with Gasteiger partial charge in [-0.15, -0.1) is 0 Å². The van der Waals surface area contributed by atoms with E-state index >= 15 is 0 Å². The third kappa shape index (κ3) is 1.17. The average molecular weight is 168 g/mol. The van der Waals surface area contributed by atoms with E-state index in [0.717, 1.165) is 6.54 Å². The molecule has 1 atom stereocenters. The number of hydrogen-bond donors (Lipinski definition) is 1. The van der Waals surface area contributed by atoms with Crippen molar-refractivity contribution in [3.8, 4) is 0 Å². The molecule has 1 aliphatic carbocycles. The fraction of sp³-hybridized carbons (Fsp3) is 0.889. The van der Waals surface area contributed by atoms with Crippen LogP contribution in [0.5, 0.6) is 0 Å². The molecule has 2 N–H and O–H groups in total. The van der Waals surface area contributed by atoms with Crippen molar-refractivity contribution in [3.63, 3.8) is 0 Å². The van der Waals surface area contributed by atoms with Crippen LogP contribution in [0.3, 0.4) is 0 Å². The van der Waals surface area contributed by atoms with Gasteiger partial charge in [0.2, 0.25) is 0 Å². The van der Waals surface area contributed by atoms with Crippen LogP contribution in [-0.2, 0) is 4.74 Å². The zero-order valence-electron chi connectivity index (χ0n) is 7.55. The Bertz CT molecular complexity index is 209. The summed E-state index contributed by atoms with van der Waals surface area (Å²) in [6, 6.07) is 0.379. The van der Waals surface area contributed by atoms with Gasteiger partial charge in [0.15, 0.2) is 0 Å². The number of aliphatic imine (C=N–C) groups is 1. The first kappa shape index (κ1) is 7.90. The Balaban J connectivity index is 2.03. The van der Waals surface area contributed by atoms with Gasteiger partial charge in [-0.2, -0.15) is 0 Å². The zero-order chi connectivity index (χ0) is 8.60. The van der Waals surface area contributed by atoms with Crippen LogP contribution >= 0.6 is 0 Å². The Morgan fingerprint density at radius 1 is 1.50 bits per heavy atom. The van der Waals surface area contributed by atoms with Crippen molar-refractivity contribution in [3.05, 3.63) is 0 Å². The molecule has 1 saturated carbocycles. The first-order valence-corrected chi connectivity index (χ1v) is 4.70. The summed E-state index contributed by atoms with van der Waals surface area (Å²) in [4.78, 5) is 4.11. The number of amidine groups is 1. The lowest BCUT2D eigenvalue weighted by Gasteiger charge is -2.29. The fourth-order valence-corrected chi connectivity index (χ4v) is 2.29. The van der Waals surface area contributed by atoms with E-state index in [1.807, 2.05) is 0 Å². The molecule has 0 aromatic rings. The minimum absolute atomic E-state index is 0.0828. The predicted molar refractivity (Wildman–Crippen MR) is 47.9 cm³/mol. The molecule has 68 valence electrons. The van der Waals surface area contributed by atoms with E-state index in [4.69, 9.17) is 10.5 Å². The Kier molecular flexibility index (Phi) is 1.74. The monoisotopic (exact) mass is 168 g/mol. The molecule has 0 bridgehead atoms. The van der Waals surface area contributed by atoms with Crippen LogP contribution in [0, 0.1) is 5.92 Å². The SMILES string of the molecule is CC1(C2CCCC2)CN=C(N)O1. The van der Waals surface area contributed by atoms with Crippen LogP contribution in [0.4, 0.5) is 0 Å². The van der Waals surface area contributed by atoms with Gasteiger partial charge < -0.3 is 10.5 Å². The van der Waals surface area contributed by atoms with Crippen molar-refractivity contribution < 1.29 is 4.74 Å². The molecule has 1 heterocycles. The molecule has 2 aliphatic rings. The number of ether oxygens (including phenoxy) is 1. The number of nitrogens with zero attached hydrogens (tertiary/aromatic N) is 1. The first-order valence-electron chi connectivity index (χ1n) is 4.70. The van der Waals surface area contributed by atoms with Gasteiger partial charge >= 0.3 is 0 Å². The maximum absolute atomic E-state index is 5.56. The molecule has 0 aromatic heterocycles. The van der Waals surface area contributed by atoms with Crippen LogP contribution in [0.2, 0.25) is 0 Å². The summed E-state index contributed by atoms with van der Waals surface area (Å²) in [6.45, 7) is 2.88. The molecule has 1 unspecified atom stereocenters. The molecule has 1 aliphatic heterocycles. The highest BCUT2D eigenvalue weighted by molar-refractivity contribution is 5.73. The van der Waals surface area contributed by atoms with E-state index in [0.29, 0.717) is 11.9 Å². The number of hydrogen-bond acceptors (Lipinski definition) is 3. The maximum Gasteiger partial charge on any atom is 0.282 e. The van der Waals surface area contributed by atoms with Crippen LogP contribution < -0.4 is 5.73 Å². The Morgan fingerprint density at radius 3 is 2.67 bits per heavy atom. The third-order valence-electron chi connectivity index (χ3n) is 3.11. The highest BCUT2D eigenvalue weighted by Gasteiger charge is 2.41. The molecule has 0 amide bonds. The second-order valence-electron chi connectivity index (χ2n) is 4.05. The second kappa shape index (κ2) is 2.64. The van der Waals surface area contributed by atoms with Gasteiger partial charge in [0.05, 0.1) is 6.54 Å². The van der Waals surface area contributed by atoms with Crippen molar-refractivity contribution >= 4 is 6.02 Å². The summed E-state index contributed by atoms with van der Waals surface area (Å²) in [5, 5.41) is 0. The Labute approximate surface area is 73.0 Å².